The number of nitrogens with zero attached hydrogens (tertiary/aromatic N) is 5. The summed E-state index contributed by atoms with van der Waals surface area (Å²) in [6.45, 7) is 2.34. The van der Waals surface area contributed by atoms with Gasteiger partial charge in [0.25, 0.3) is 5.91 Å². The van der Waals surface area contributed by atoms with E-state index >= 15 is 0 Å². The highest BCUT2D eigenvalue weighted by Crippen LogP contribution is 2.38. The van der Waals surface area contributed by atoms with Crippen LogP contribution in [-0.4, -0.2) is 71.7 Å². The Hall–Kier alpha value is -3.51. The predicted octanol–water partition coefficient (Wildman–Crippen LogP) is 2.31. The number of carbonyl (C=O) groups is 2. The zero-order valence-corrected chi connectivity index (χ0v) is 20.3. The molecule has 1 aromatic heterocycles. The minimum absolute atomic E-state index is 0.111. The Morgan fingerprint density at radius 3 is 2.72 bits per heavy atom. The molecule has 12 heteroatoms. The topological polar surface area (TPSA) is 92.6 Å². The lowest BCUT2D eigenvalue weighted by atomic mass is 10.2. The second-order valence-corrected chi connectivity index (χ2v) is 9.52. The molecular formula is C24H24F2N6O3S. The first kappa shape index (κ1) is 24.2. The summed E-state index contributed by atoms with van der Waals surface area (Å²) in [6.07, 6.45) is 1.34. The van der Waals surface area contributed by atoms with Crippen molar-refractivity contribution in [2.75, 3.05) is 48.9 Å². The molecule has 9 nitrogen and oxygen atoms in total. The molecule has 0 unspecified atom stereocenters. The van der Waals surface area contributed by atoms with Crippen LogP contribution in [-0.2, 0) is 16.1 Å². The third-order valence-electron chi connectivity index (χ3n) is 6.11. The predicted molar refractivity (Wildman–Crippen MR) is 130 cm³/mol. The molecule has 2 aromatic carbocycles. The van der Waals surface area contributed by atoms with Crippen LogP contribution in [0.4, 0.5) is 20.2 Å². The average Bonchev–Trinajstić information content (AvgIpc) is 3.32. The van der Waals surface area contributed by atoms with Gasteiger partial charge in [0, 0.05) is 42.4 Å². The largest absolute Gasteiger partial charge is 0.378 e. The molecule has 3 aromatic rings. The molecule has 0 bridgehead atoms. The molecule has 0 saturated carbocycles. The summed E-state index contributed by atoms with van der Waals surface area (Å²) in [7, 11) is 1.56. The number of likely N-dealkylation sites (N-methyl/N-ethyl adjacent to an activating group) is 1. The molecule has 2 aliphatic heterocycles. The summed E-state index contributed by atoms with van der Waals surface area (Å²) in [4.78, 5) is 34.0. The van der Waals surface area contributed by atoms with Gasteiger partial charge in [-0.3, -0.25) is 9.59 Å². The summed E-state index contributed by atoms with van der Waals surface area (Å²) in [6, 6.07) is 8.52. The smallest absolute Gasteiger partial charge is 0.291 e. The van der Waals surface area contributed by atoms with Gasteiger partial charge in [-0.15, -0.1) is 16.9 Å². The van der Waals surface area contributed by atoms with Gasteiger partial charge in [-0.05, 0) is 12.1 Å². The fraction of sp³-hybridized carbons (Fsp3) is 0.333. The second kappa shape index (κ2) is 10.2. The number of carbonyl (C=O) groups excluding carboxylic acids is 2. The second-order valence-electron chi connectivity index (χ2n) is 8.46. The van der Waals surface area contributed by atoms with Gasteiger partial charge in [0.15, 0.2) is 0 Å². The quantitative estimate of drug-likeness (QED) is 0.559. The molecular weight excluding hydrogens is 490 g/mol. The maximum absolute atomic E-state index is 15.0. The van der Waals surface area contributed by atoms with Crippen molar-refractivity contribution < 1.29 is 23.1 Å². The normalized spacial score (nSPS) is 18.1. The Morgan fingerprint density at radius 2 is 1.94 bits per heavy atom. The number of benzene rings is 2. The van der Waals surface area contributed by atoms with Crippen LogP contribution in [0.25, 0.3) is 0 Å². The van der Waals surface area contributed by atoms with E-state index in [2.05, 4.69) is 15.4 Å². The van der Waals surface area contributed by atoms with Crippen LogP contribution in [0.5, 0.6) is 0 Å². The number of thioether (sulfide) groups is 1. The molecule has 1 fully saturated rings. The number of hydrogen-bond acceptors (Lipinski definition) is 7. The number of anilines is 2. The molecule has 3 heterocycles. The number of ether oxygens (including phenoxy) is 1. The maximum atomic E-state index is 15.0. The van der Waals surface area contributed by atoms with Crippen LogP contribution in [0.1, 0.15) is 16.2 Å². The molecule has 1 N–H and O–H groups in total. The number of halogens is 2. The lowest BCUT2D eigenvalue weighted by Gasteiger charge is -2.30. The van der Waals surface area contributed by atoms with E-state index in [4.69, 9.17) is 4.74 Å². The molecule has 2 amide bonds. The fourth-order valence-corrected chi connectivity index (χ4v) is 5.27. The Labute approximate surface area is 210 Å². The van der Waals surface area contributed by atoms with Crippen LogP contribution >= 0.6 is 11.8 Å². The van der Waals surface area contributed by atoms with Crippen LogP contribution in [0.15, 0.2) is 47.6 Å². The molecule has 1 saturated heterocycles. The van der Waals surface area contributed by atoms with Crippen molar-refractivity contribution in [2.45, 2.75) is 17.5 Å². The SMILES string of the molecule is CN1C(=O)[C@@H](NC(=O)c2ncn(Cc3ccccc3F)n2)CSc2cc(N3CCOCC3)c(F)cc21. The van der Waals surface area contributed by atoms with E-state index in [0.717, 1.165) is 4.90 Å². The van der Waals surface area contributed by atoms with Crippen LogP contribution in [0, 0.1) is 11.6 Å². The Bertz CT molecular complexity index is 1300. The zero-order chi connectivity index (χ0) is 25.2. The van der Waals surface area contributed by atoms with Crippen molar-refractivity contribution in [3.05, 3.63) is 65.7 Å². The van der Waals surface area contributed by atoms with Gasteiger partial charge in [-0.1, -0.05) is 18.2 Å². The molecule has 5 rings (SSSR count). The van der Waals surface area contributed by atoms with Gasteiger partial charge in [-0.2, -0.15) is 0 Å². The van der Waals surface area contributed by atoms with Crippen molar-refractivity contribution in [3.63, 3.8) is 0 Å². The Balaban J connectivity index is 1.29. The number of morpholine rings is 1. The summed E-state index contributed by atoms with van der Waals surface area (Å²) in [5.41, 5.74) is 1.33. The Morgan fingerprint density at radius 1 is 1.17 bits per heavy atom. The van der Waals surface area contributed by atoms with Gasteiger partial charge in [0.2, 0.25) is 11.7 Å². The van der Waals surface area contributed by atoms with E-state index in [1.165, 1.54) is 39.8 Å². The summed E-state index contributed by atoms with van der Waals surface area (Å²) in [5.74, 6) is -1.67. The Kier molecular flexibility index (Phi) is 6.88. The minimum Gasteiger partial charge on any atom is -0.378 e. The molecule has 2 aliphatic rings. The minimum atomic E-state index is -0.867. The van der Waals surface area contributed by atoms with E-state index in [-0.39, 0.29) is 29.8 Å². The number of rotatable bonds is 5. The van der Waals surface area contributed by atoms with E-state index in [0.29, 0.717) is 43.2 Å². The third kappa shape index (κ3) is 4.91. The molecule has 0 radical (unpaired) electrons. The standard InChI is InChI=1S/C24H24F2N6O3S/c1-30-20-10-17(26)19(31-6-8-35-9-7-31)11-21(20)36-13-18(24(30)34)28-23(33)22-27-14-32(29-22)12-15-4-2-3-5-16(15)25/h2-5,10-11,14,18H,6-9,12-13H2,1H3,(H,28,33)/t18-/m0/s1. The summed E-state index contributed by atoms with van der Waals surface area (Å²) in [5, 5.41) is 6.81. The highest BCUT2D eigenvalue weighted by atomic mass is 32.2. The molecule has 36 heavy (non-hydrogen) atoms. The van der Waals surface area contributed by atoms with Gasteiger partial charge in [0.1, 0.15) is 24.0 Å². The van der Waals surface area contributed by atoms with E-state index < -0.39 is 17.8 Å². The maximum Gasteiger partial charge on any atom is 0.291 e. The van der Waals surface area contributed by atoms with Crippen molar-refractivity contribution in [3.8, 4) is 0 Å². The van der Waals surface area contributed by atoms with Crippen LogP contribution < -0.4 is 15.1 Å². The van der Waals surface area contributed by atoms with Crippen LogP contribution in [0.3, 0.4) is 0 Å². The van der Waals surface area contributed by atoms with E-state index in [9.17, 15) is 18.4 Å². The lowest BCUT2D eigenvalue weighted by molar-refractivity contribution is -0.119. The van der Waals surface area contributed by atoms with Gasteiger partial charge < -0.3 is 19.9 Å². The number of amides is 2. The summed E-state index contributed by atoms with van der Waals surface area (Å²) < 4.78 is 35.6. The number of fused-ring (bicyclic) bond motifs is 1. The van der Waals surface area contributed by atoms with Crippen molar-refractivity contribution in [2.24, 2.45) is 0 Å². The van der Waals surface area contributed by atoms with Gasteiger partial charge in [0.05, 0.1) is 31.1 Å². The first-order chi connectivity index (χ1) is 17.4. The van der Waals surface area contributed by atoms with Crippen molar-refractivity contribution in [1.29, 1.82) is 0 Å². The first-order valence-electron chi connectivity index (χ1n) is 11.4. The lowest BCUT2D eigenvalue weighted by Crippen LogP contribution is -2.48. The van der Waals surface area contributed by atoms with E-state index in [1.54, 1.807) is 31.3 Å². The molecule has 1 atom stereocenters. The number of nitrogens with one attached hydrogen (secondary N) is 1. The van der Waals surface area contributed by atoms with Crippen molar-refractivity contribution >= 4 is 35.0 Å². The summed E-state index contributed by atoms with van der Waals surface area (Å²) >= 11 is 1.37. The number of hydrogen-bond donors (Lipinski definition) is 1. The highest BCUT2D eigenvalue weighted by Gasteiger charge is 2.32. The third-order valence-corrected chi connectivity index (χ3v) is 7.25. The van der Waals surface area contributed by atoms with Crippen molar-refractivity contribution in [1.82, 2.24) is 20.1 Å². The molecule has 0 spiro atoms. The highest BCUT2D eigenvalue weighted by molar-refractivity contribution is 7.99. The zero-order valence-electron chi connectivity index (χ0n) is 19.5. The molecule has 0 aliphatic carbocycles. The van der Waals surface area contributed by atoms with Crippen LogP contribution in [0.2, 0.25) is 0 Å². The first-order valence-corrected chi connectivity index (χ1v) is 12.4. The van der Waals surface area contributed by atoms with Gasteiger partial charge >= 0.3 is 0 Å². The van der Waals surface area contributed by atoms with E-state index in [1.807, 2.05) is 4.90 Å². The average molecular weight is 515 g/mol. The monoisotopic (exact) mass is 514 g/mol. The number of aromatic nitrogens is 3. The van der Waals surface area contributed by atoms with Gasteiger partial charge in [-0.25, -0.2) is 18.4 Å². The molecule has 188 valence electrons. The fourth-order valence-electron chi connectivity index (χ4n) is 4.16.